The molecule has 1 N–H and O–H groups in total. The molecular formula is C20H27FN4O3. The van der Waals surface area contributed by atoms with E-state index in [0.717, 1.165) is 6.42 Å². The Labute approximate surface area is 164 Å². The molecule has 1 aromatic rings. The van der Waals surface area contributed by atoms with Gasteiger partial charge in [0, 0.05) is 31.7 Å². The first-order valence-corrected chi connectivity index (χ1v) is 9.76. The maximum Gasteiger partial charge on any atom is 0.337 e. The summed E-state index contributed by atoms with van der Waals surface area (Å²) in [6.07, 6.45) is 2.18. The minimum absolute atomic E-state index is 0.0629. The number of urea groups is 1. The summed E-state index contributed by atoms with van der Waals surface area (Å²) < 4.78 is 18.8. The molecule has 0 aromatic heterocycles. The van der Waals surface area contributed by atoms with Crippen molar-refractivity contribution < 1.29 is 18.7 Å². The lowest BCUT2D eigenvalue weighted by atomic mass is 10.0. The van der Waals surface area contributed by atoms with Crippen LogP contribution in [0.15, 0.2) is 29.4 Å². The largest absolute Gasteiger partial charge is 0.379 e. The number of hydrazone groups is 1. The number of nitrogens with one attached hydrogen (secondary N) is 1. The molecule has 1 saturated heterocycles. The average Bonchev–Trinajstić information content (AvgIpc) is 3.27. The second kappa shape index (κ2) is 9.14. The Hall–Kier alpha value is -2.48. The van der Waals surface area contributed by atoms with Crippen LogP contribution in [0, 0.1) is 5.82 Å². The first-order valence-electron chi connectivity index (χ1n) is 9.76. The molecule has 3 rings (SSSR count). The molecule has 2 heterocycles. The third-order valence-corrected chi connectivity index (χ3v) is 4.80. The average molecular weight is 390 g/mol. The number of carbonyl (C=O) groups excluding carboxylic acids is 2. The van der Waals surface area contributed by atoms with Crippen molar-refractivity contribution in [3.05, 3.63) is 35.6 Å². The first-order chi connectivity index (χ1) is 13.5. The Morgan fingerprint density at radius 3 is 2.75 bits per heavy atom. The minimum atomic E-state index is -0.339. The van der Waals surface area contributed by atoms with E-state index in [1.54, 1.807) is 17.0 Å². The van der Waals surface area contributed by atoms with Gasteiger partial charge in [0.25, 0.3) is 0 Å². The molecule has 0 spiro atoms. The number of nitrogens with zero attached hydrogens (tertiary/aromatic N) is 3. The van der Waals surface area contributed by atoms with Gasteiger partial charge in [-0.15, -0.1) is 0 Å². The van der Waals surface area contributed by atoms with Gasteiger partial charge in [0.2, 0.25) is 5.91 Å². The van der Waals surface area contributed by atoms with Crippen molar-refractivity contribution in [3.8, 4) is 0 Å². The summed E-state index contributed by atoms with van der Waals surface area (Å²) in [4.78, 5) is 26.5. The van der Waals surface area contributed by atoms with Gasteiger partial charge < -0.3 is 15.0 Å². The molecule has 2 aliphatic rings. The van der Waals surface area contributed by atoms with Crippen LogP contribution < -0.4 is 5.32 Å². The highest BCUT2D eigenvalue weighted by atomic mass is 19.1. The van der Waals surface area contributed by atoms with Gasteiger partial charge in [0.15, 0.2) is 0 Å². The van der Waals surface area contributed by atoms with E-state index in [9.17, 15) is 14.0 Å². The fraction of sp³-hybridized carbons (Fsp3) is 0.550. The highest BCUT2D eigenvalue weighted by Crippen LogP contribution is 2.23. The van der Waals surface area contributed by atoms with E-state index >= 15 is 0 Å². The maximum atomic E-state index is 13.3. The van der Waals surface area contributed by atoms with Crippen molar-refractivity contribution in [2.75, 3.05) is 26.2 Å². The van der Waals surface area contributed by atoms with Crippen LogP contribution in [0.2, 0.25) is 0 Å². The summed E-state index contributed by atoms with van der Waals surface area (Å²) in [6.45, 7) is 5.94. The smallest absolute Gasteiger partial charge is 0.337 e. The minimum Gasteiger partial charge on any atom is -0.379 e. The van der Waals surface area contributed by atoms with Gasteiger partial charge in [0.1, 0.15) is 5.82 Å². The number of benzene rings is 1. The van der Waals surface area contributed by atoms with E-state index in [2.05, 4.69) is 10.4 Å². The van der Waals surface area contributed by atoms with Crippen molar-refractivity contribution in [3.63, 3.8) is 0 Å². The Morgan fingerprint density at radius 1 is 1.36 bits per heavy atom. The van der Waals surface area contributed by atoms with E-state index in [1.165, 1.54) is 17.1 Å². The summed E-state index contributed by atoms with van der Waals surface area (Å²) in [7, 11) is 0. The molecule has 0 bridgehead atoms. The van der Waals surface area contributed by atoms with Crippen LogP contribution in [0.5, 0.6) is 0 Å². The van der Waals surface area contributed by atoms with Gasteiger partial charge in [-0.05, 0) is 38.8 Å². The lowest BCUT2D eigenvalue weighted by Crippen LogP contribution is -2.46. The first kappa shape index (κ1) is 20.3. The number of halogens is 1. The second-order valence-corrected chi connectivity index (χ2v) is 7.29. The fourth-order valence-corrected chi connectivity index (χ4v) is 3.41. The van der Waals surface area contributed by atoms with Crippen molar-refractivity contribution in [2.45, 2.75) is 45.3 Å². The molecule has 1 aromatic carbocycles. The molecule has 0 aliphatic carbocycles. The van der Waals surface area contributed by atoms with Crippen LogP contribution in [0.25, 0.3) is 0 Å². The predicted molar refractivity (Wildman–Crippen MR) is 103 cm³/mol. The zero-order valence-corrected chi connectivity index (χ0v) is 16.4. The molecule has 1 atom stereocenters. The highest BCUT2D eigenvalue weighted by Gasteiger charge is 2.38. The van der Waals surface area contributed by atoms with Crippen LogP contribution in [0.1, 0.15) is 38.7 Å². The van der Waals surface area contributed by atoms with Crippen LogP contribution in [0.3, 0.4) is 0 Å². The Morgan fingerprint density at radius 2 is 2.11 bits per heavy atom. The molecule has 152 valence electrons. The standard InChI is InChI=1S/C20H27FN4O3/c1-14(2)28-12-4-10-22-20(27)25-13-17(24-11-3-5-18(24)26)19(23-25)15-6-8-16(21)9-7-15/h6-9,14,17H,3-5,10-13H2,1-2H3,(H,22,27). The predicted octanol–water partition coefficient (Wildman–Crippen LogP) is 2.36. The van der Waals surface area contributed by atoms with Crippen molar-refractivity contribution in [2.24, 2.45) is 5.10 Å². The maximum absolute atomic E-state index is 13.3. The van der Waals surface area contributed by atoms with Crippen LogP contribution >= 0.6 is 0 Å². The Bertz CT molecular complexity index is 735. The number of rotatable bonds is 7. The summed E-state index contributed by atoms with van der Waals surface area (Å²) >= 11 is 0. The van der Waals surface area contributed by atoms with Crippen LogP contribution in [-0.2, 0) is 9.53 Å². The van der Waals surface area contributed by atoms with E-state index in [0.29, 0.717) is 50.4 Å². The lowest BCUT2D eigenvalue weighted by Gasteiger charge is -2.25. The molecule has 8 heteroatoms. The third kappa shape index (κ3) is 4.86. The molecule has 7 nitrogen and oxygen atoms in total. The molecule has 1 unspecified atom stereocenters. The normalized spacial score (nSPS) is 19.5. The summed E-state index contributed by atoms with van der Waals surface area (Å²) in [5, 5.41) is 8.66. The third-order valence-electron chi connectivity index (χ3n) is 4.80. The Kier molecular flexibility index (Phi) is 6.61. The van der Waals surface area contributed by atoms with Crippen LogP contribution in [0.4, 0.5) is 9.18 Å². The zero-order chi connectivity index (χ0) is 20.1. The summed E-state index contributed by atoms with van der Waals surface area (Å²) in [5.41, 5.74) is 1.33. The second-order valence-electron chi connectivity index (χ2n) is 7.29. The Balaban J connectivity index is 1.67. The van der Waals surface area contributed by atoms with Gasteiger partial charge in [-0.3, -0.25) is 4.79 Å². The topological polar surface area (TPSA) is 74.2 Å². The van der Waals surface area contributed by atoms with Crippen LogP contribution in [-0.4, -0.2) is 65.9 Å². The number of hydrogen-bond acceptors (Lipinski definition) is 4. The lowest BCUT2D eigenvalue weighted by molar-refractivity contribution is -0.128. The number of ether oxygens (including phenoxy) is 1. The van der Waals surface area contributed by atoms with E-state index in [4.69, 9.17) is 4.74 Å². The molecule has 3 amide bonds. The fourth-order valence-electron chi connectivity index (χ4n) is 3.41. The van der Waals surface area contributed by atoms with E-state index < -0.39 is 0 Å². The molecular weight excluding hydrogens is 363 g/mol. The van der Waals surface area contributed by atoms with Gasteiger partial charge in [0.05, 0.1) is 24.4 Å². The van der Waals surface area contributed by atoms with Crippen molar-refractivity contribution >= 4 is 17.6 Å². The molecule has 28 heavy (non-hydrogen) atoms. The molecule has 2 aliphatic heterocycles. The number of carbonyl (C=O) groups is 2. The summed E-state index contributed by atoms with van der Waals surface area (Å²) in [6, 6.07) is 5.36. The van der Waals surface area contributed by atoms with Gasteiger partial charge in [-0.25, -0.2) is 14.2 Å². The van der Waals surface area contributed by atoms with E-state index in [1.807, 2.05) is 13.8 Å². The van der Waals surface area contributed by atoms with Crippen molar-refractivity contribution in [1.29, 1.82) is 0 Å². The monoisotopic (exact) mass is 390 g/mol. The van der Waals surface area contributed by atoms with Gasteiger partial charge in [-0.1, -0.05) is 12.1 Å². The quantitative estimate of drug-likeness (QED) is 0.727. The summed E-state index contributed by atoms with van der Waals surface area (Å²) in [5.74, 6) is -0.276. The zero-order valence-electron chi connectivity index (χ0n) is 16.4. The molecule has 0 saturated carbocycles. The van der Waals surface area contributed by atoms with E-state index in [-0.39, 0.29) is 29.9 Å². The highest BCUT2D eigenvalue weighted by molar-refractivity contribution is 6.08. The SMILES string of the molecule is CC(C)OCCCNC(=O)N1CC(N2CCCC2=O)C(c2ccc(F)cc2)=N1. The molecule has 0 radical (unpaired) electrons. The molecule has 1 fully saturated rings. The van der Waals surface area contributed by atoms with Crippen molar-refractivity contribution in [1.82, 2.24) is 15.2 Å². The van der Waals surface area contributed by atoms with Gasteiger partial charge >= 0.3 is 6.03 Å². The van der Waals surface area contributed by atoms with Gasteiger partial charge in [-0.2, -0.15) is 5.10 Å². The number of hydrogen-bond donors (Lipinski definition) is 1. The number of likely N-dealkylation sites (tertiary alicyclic amines) is 1. The number of amides is 3.